The Bertz CT molecular complexity index is 816. The number of nitrogens with zero attached hydrogens (tertiary/aromatic N) is 1. The van der Waals surface area contributed by atoms with Crippen LogP contribution in [0.1, 0.15) is 25.0 Å². The van der Waals surface area contributed by atoms with Crippen LogP contribution in [0.25, 0.3) is 11.3 Å². The second kappa shape index (κ2) is 5.73. The summed E-state index contributed by atoms with van der Waals surface area (Å²) in [5.74, 6) is 0.438. The van der Waals surface area contributed by atoms with Crippen LogP contribution in [-0.4, -0.2) is 28.0 Å². The maximum atomic E-state index is 13.9. The minimum atomic E-state index is -0.749. The van der Waals surface area contributed by atoms with Crippen LogP contribution >= 0.6 is 11.8 Å². The van der Waals surface area contributed by atoms with Gasteiger partial charge in [-0.1, -0.05) is 29.1 Å². The van der Waals surface area contributed by atoms with E-state index in [2.05, 4.69) is 10.5 Å². The molecule has 2 fully saturated rings. The number of benzene rings is 1. The first kappa shape index (κ1) is 15.4. The summed E-state index contributed by atoms with van der Waals surface area (Å²) in [5.41, 5.74) is 0.0618. The summed E-state index contributed by atoms with van der Waals surface area (Å²) < 4.78 is 19.1. The van der Waals surface area contributed by atoms with E-state index in [1.165, 1.54) is 17.8 Å². The molecule has 2 heterocycles. The van der Waals surface area contributed by atoms with Crippen molar-refractivity contribution < 1.29 is 18.5 Å². The van der Waals surface area contributed by atoms with Gasteiger partial charge < -0.3 is 9.84 Å². The zero-order valence-corrected chi connectivity index (χ0v) is 13.6. The molecule has 2 aromatic rings. The van der Waals surface area contributed by atoms with Gasteiger partial charge in [0.25, 0.3) is 0 Å². The fraction of sp³-hybridized carbons (Fsp3) is 0.353. The van der Waals surface area contributed by atoms with E-state index < -0.39 is 17.3 Å². The summed E-state index contributed by atoms with van der Waals surface area (Å²) in [4.78, 5) is 24.3. The lowest BCUT2D eigenvalue weighted by molar-refractivity contribution is -0.126. The number of carbonyl (C=O) groups excluding carboxylic acids is 2. The van der Waals surface area contributed by atoms with Gasteiger partial charge in [0.2, 0.25) is 11.0 Å². The van der Waals surface area contributed by atoms with E-state index in [1.54, 1.807) is 24.3 Å². The molecule has 0 bridgehead atoms. The average molecular weight is 346 g/mol. The molecule has 2 aliphatic rings. The maximum Gasteiger partial charge on any atom is 0.233 e. The standard InChI is InChI=1S/C17H15FN2O3S/c18-11-4-2-1-3-10(11)13-9-14(20-23-13)17(6-7-17)16(22)19-12-5-8-24-15(12)21/h1-4,9,12H,5-8H2,(H,19,22). The van der Waals surface area contributed by atoms with Gasteiger partial charge >= 0.3 is 0 Å². The van der Waals surface area contributed by atoms with Gasteiger partial charge in [-0.2, -0.15) is 0 Å². The van der Waals surface area contributed by atoms with E-state index in [9.17, 15) is 14.0 Å². The molecule has 1 saturated heterocycles. The van der Waals surface area contributed by atoms with E-state index in [0.717, 1.165) is 5.75 Å². The Morgan fingerprint density at radius 3 is 2.83 bits per heavy atom. The summed E-state index contributed by atoms with van der Waals surface area (Å²) >= 11 is 1.25. The molecule has 1 amide bonds. The van der Waals surface area contributed by atoms with Crippen molar-refractivity contribution in [2.24, 2.45) is 0 Å². The van der Waals surface area contributed by atoms with Crippen molar-refractivity contribution in [1.82, 2.24) is 10.5 Å². The molecular weight excluding hydrogens is 331 g/mol. The zero-order valence-electron chi connectivity index (χ0n) is 12.8. The number of halogens is 1. The summed E-state index contributed by atoms with van der Waals surface area (Å²) in [6, 6.07) is 7.47. The first-order valence-electron chi connectivity index (χ1n) is 7.80. The number of carbonyl (C=O) groups is 2. The highest BCUT2D eigenvalue weighted by molar-refractivity contribution is 8.14. The molecule has 4 rings (SSSR count). The number of hydrogen-bond acceptors (Lipinski definition) is 5. The van der Waals surface area contributed by atoms with Crippen molar-refractivity contribution in [2.75, 3.05) is 5.75 Å². The molecule has 1 aliphatic carbocycles. The van der Waals surface area contributed by atoms with Crippen LogP contribution in [0.2, 0.25) is 0 Å². The van der Waals surface area contributed by atoms with Gasteiger partial charge in [0.15, 0.2) is 5.76 Å². The van der Waals surface area contributed by atoms with Crippen molar-refractivity contribution in [3.05, 3.63) is 41.8 Å². The Kier molecular flexibility index (Phi) is 3.68. The largest absolute Gasteiger partial charge is 0.356 e. The van der Waals surface area contributed by atoms with Crippen LogP contribution < -0.4 is 5.32 Å². The Morgan fingerprint density at radius 2 is 2.17 bits per heavy atom. The van der Waals surface area contributed by atoms with E-state index in [0.29, 0.717) is 36.3 Å². The summed E-state index contributed by atoms with van der Waals surface area (Å²) in [5, 5.41) is 6.82. The number of thioether (sulfide) groups is 1. The molecule has 0 spiro atoms. The molecule has 5 nitrogen and oxygen atoms in total. The average Bonchev–Trinajstić information content (AvgIpc) is 3.07. The molecule has 124 valence electrons. The van der Waals surface area contributed by atoms with E-state index >= 15 is 0 Å². The second-order valence-electron chi connectivity index (χ2n) is 6.12. The number of hydrogen-bond donors (Lipinski definition) is 1. The number of aromatic nitrogens is 1. The zero-order chi connectivity index (χ0) is 16.7. The van der Waals surface area contributed by atoms with Crippen molar-refractivity contribution in [3.63, 3.8) is 0 Å². The van der Waals surface area contributed by atoms with Crippen molar-refractivity contribution in [2.45, 2.75) is 30.7 Å². The highest BCUT2D eigenvalue weighted by atomic mass is 32.2. The van der Waals surface area contributed by atoms with Gasteiger partial charge in [0.05, 0.1) is 22.7 Å². The normalized spacial score (nSPS) is 21.7. The summed E-state index contributed by atoms with van der Waals surface area (Å²) in [7, 11) is 0. The molecule has 24 heavy (non-hydrogen) atoms. The Labute approximate surface area is 142 Å². The van der Waals surface area contributed by atoms with Crippen LogP contribution in [-0.2, 0) is 15.0 Å². The maximum absolute atomic E-state index is 13.9. The molecule has 1 N–H and O–H groups in total. The van der Waals surface area contributed by atoms with Gasteiger partial charge in [-0.15, -0.1) is 0 Å². The molecule has 1 aromatic carbocycles. The predicted octanol–water partition coefficient (Wildman–Crippen LogP) is 2.66. The van der Waals surface area contributed by atoms with Crippen LogP contribution in [0.5, 0.6) is 0 Å². The smallest absolute Gasteiger partial charge is 0.233 e. The van der Waals surface area contributed by atoms with Crippen LogP contribution in [0.15, 0.2) is 34.9 Å². The van der Waals surface area contributed by atoms with E-state index in [4.69, 9.17) is 4.52 Å². The molecule has 1 saturated carbocycles. The monoisotopic (exact) mass is 346 g/mol. The Morgan fingerprint density at radius 1 is 1.38 bits per heavy atom. The molecular formula is C17H15FN2O3S. The van der Waals surface area contributed by atoms with Gasteiger partial charge in [-0.25, -0.2) is 4.39 Å². The Balaban J connectivity index is 1.56. The second-order valence-corrected chi connectivity index (χ2v) is 7.22. The van der Waals surface area contributed by atoms with Gasteiger partial charge in [0, 0.05) is 11.8 Å². The van der Waals surface area contributed by atoms with Crippen LogP contribution in [0.3, 0.4) is 0 Å². The van der Waals surface area contributed by atoms with E-state index in [1.807, 2.05) is 0 Å². The number of amides is 1. The summed E-state index contributed by atoms with van der Waals surface area (Å²) in [6.45, 7) is 0. The third kappa shape index (κ3) is 2.53. The number of rotatable bonds is 4. The van der Waals surface area contributed by atoms with Crippen molar-refractivity contribution in [3.8, 4) is 11.3 Å². The molecule has 7 heteroatoms. The quantitative estimate of drug-likeness (QED) is 0.921. The first-order chi connectivity index (χ1) is 11.6. The van der Waals surface area contributed by atoms with Gasteiger partial charge in [0.1, 0.15) is 5.82 Å². The molecule has 1 unspecified atom stereocenters. The molecule has 0 radical (unpaired) electrons. The third-order valence-corrected chi connectivity index (χ3v) is 5.57. The highest BCUT2D eigenvalue weighted by Gasteiger charge is 2.54. The van der Waals surface area contributed by atoms with Crippen LogP contribution in [0.4, 0.5) is 4.39 Å². The minimum Gasteiger partial charge on any atom is -0.356 e. The molecule has 1 atom stereocenters. The van der Waals surface area contributed by atoms with Crippen molar-refractivity contribution in [1.29, 1.82) is 0 Å². The van der Waals surface area contributed by atoms with Gasteiger partial charge in [-0.3, -0.25) is 9.59 Å². The molecule has 1 aromatic heterocycles. The van der Waals surface area contributed by atoms with Gasteiger partial charge in [-0.05, 0) is 31.4 Å². The lowest BCUT2D eigenvalue weighted by Crippen LogP contribution is -2.43. The lowest BCUT2D eigenvalue weighted by Gasteiger charge is -2.15. The fourth-order valence-corrected chi connectivity index (χ4v) is 3.87. The van der Waals surface area contributed by atoms with Crippen LogP contribution in [0, 0.1) is 5.82 Å². The highest BCUT2D eigenvalue weighted by Crippen LogP contribution is 2.49. The van der Waals surface area contributed by atoms with E-state index in [-0.39, 0.29) is 11.0 Å². The SMILES string of the molecule is O=C1SCCC1NC(=O)C1(c2cc(-c3ccccc3F)on2)CC1. The Hall–Kier alpha value is -2.15. The predicted molar refractivity (Wildman–Crippen MR) is 86.8 cm³/mol. The fourth-order valence-electron chi connectivity index (χ4n) is 2.94. The topological polar surface area (TPSA) is 72.2 Å². The first-order valence-corrected chi connectivity index (χ1v) is 8.78. The van der Waals surface area contributed by atoms with Crippen molar-refractivity contribution >= 4 is 22.8 Å². The summed E-state index contributed by atoms with van der Waals surface area (Å²) in [6.07, 6.45) is 1.96. The minimum absolute atomic E-state index is 0.00588. The molecule has 1 aliphatic heterocycles. The number of nitrogens with one attached hydrogen (secondary N) is 1. The third-order valence-electron chi connectivity index (χ3n) is 4.57. The lowest BCUT2D eigenvalue weighted by atomic mass is 9.99.